The normalized spacial score (nSPS) is 7.14. The monoisotopic (exact) mass is 98.1 g/mol. The van der Waals surface area contributed by atoms with Crippen LogP contribution < -0.4 is 0 Å². The first-order valence-electron chi connectivity index (χ1n) is 2.17. The van der Waals surface area contributed by atoms with E-state index < -0.39 is 0 Å². The summed E-state index contributed by atoms with van der Waals surface area (Å²) in [4.78, 5) is 0. The Morgan fingerprint density at radius 1 is 1.57 bits per heavy atom. The molecule has 0 atom stereocenters. The highest BCUT2D eigenvalue weighted by Crippen LogP contribution is 1.87. The van der Waals surface area contributed by atoms with Gasteiger partial charge in [-0.2, -0.15) is 0 Å². The standard InChI is InChI=1S/C6H10O/c1-4-7-5-6(2)3/h4-5H,1H2,2-3H3. The van der Waals surface area contributed by atoms with E-state index in [1.54, 1.807) is 6.26 Å². The summed E-state index contributed by atoms with van der Waals surface area (Å²) in [5, 5.41) is 0. The van der Waals surface area contributed by atoms with Gasteiger partial charge in [0, 0.05) is 0 Å². The van der Waals surface area contributed by atoms with Gasteiger partial charge in [0.05, 0.1) is 12.5 Å². The fraction of sp³-hybridized carbons (Fsp3) is 0.333. The average molecular weight is 98.1 g/mol. The molecule has 0 rings (SSSR count). The Balaban J connectivity index is 3.25. The van der Waals surface area contributed by atoms with E-state index in [0.29, 0.717) is 0 Å². The Hall–Kier alpha value is -0.720. The lowest BCUT2D eigenvalue weighted by Gasteiger charge is -1.86. The molecule has 0 aromatic rings. The zero-order valence-electron chi connectivity index (χ0n) is 4.77. The zero-order valence-corrected chi connectivity index (χ0v) is 4.77. The van der Waals surface area contributed by atoms with E-state index >= 15 is 0 Å². The van der Waals surface area contributed by atoms with Gasteiger partial charge >= 0.3 is 0 Å². The van der Waals surface area contributed by atoms with Crippen LogP contribution in [-0.4, -0.2) is 0 Å². The lowest BCUT2D eigenvalue weighted by Crippen LogP contribution is -1.65. The lowest BCUT2D eigenvalue weighted by molar-refractivity contribution is 0.400. The van der Waals surface area contributed by atoms with Gasteiger partial charge in [0.2, 0.25) is 0 Å². The average Bonchev–Trinajstić information content (AvgIpc) is 1.61. The minimum Gasteiger partial charge on any atom is -0.473 e. The molecule has 0 aliphatic carbocycles. The molecule has 0 saturated carbocycles. The summed E-state index contributed by atoms with van der Waals surface area (Å²) in [6, 6.07) is 0. The van der Waals surface area contributed by atoms with E-state index in [9.17, 15) is 0 Å². The maximum absolute atomic E-state index is 4.70. The molecular weight excluding hydrogens is 88.1 g/mol. The summed E-state index contributed by atoms with van der Waals surface area (Å²) < 4.78 is 4.70. The van der Waals surface area contributed by atoms with E-state index in [-0.39, 0.29) is 0 Å². The molecule has 0 aliphatic rings. The first-order chi connectivity index (χ1) is 3.27. The van der Waals surface area contributed by atoms with Crippen molar-refractivity contribution in [2.24, 2.45) is 0 Å². The van der Waals surface area contributed by atoms with Crippen molar-refractivity contribution in [1.82, 2.24) is 0 Å². The molecule has 0 spiro atoms. The van der Waals surface area contributed by atoms with Gasteiger partial charge in [0.1, 0.15) is 0 Å². The summed E-state index contributed by atoms with van der Waals surface area (Å²) in [6.45, 7) is 7.29. The minimum atomic E-state index is 1.14. The molecule has 0 heterocycles. The van der Waals surface area contributed by atoms with E-state index in [1.807, 2.05) is 13.8 Å². The second-order valence-corrected chi connectivity index (χ2v) is 1.50. The summed E-state index contributed by atoms with van der Waals surface area (Å²) in [5.74, 6) is 0. The van der Waals surface area contributed by atoms with Crippen molar-refractivity contribution in [2.45, 2.75) is 13.8 Å². The van der Waals surface area contributed by atoms with Gasteiger partial charge in [-0.25, -0.2) is 0 Å². The lowest BCUT2D eigenvalue weighted by atomic mass is 10.4. The van der Waals surface area contributed by atoms with Crippen molar-refractivity contribution >= 4 is 0 Å². The summed E-state index contributed by atoms with van der Waals surface area (Å²) >= 11 is 0. The van der Waals surface area contributed by atoms with Crippen LogP contribution in [0.15, 0.2) is 24.7 Å². The van der Waals surface area contributed by atoms with Crippen LogP contribution in [0.25, 0.3) is 0 Å². The molecule has 0 amide bonds. The zero-order chi connectivity index (χ0) is 5.70. The van der Waals surface area contributed by atoms with Crippen LogP contribution in [0.4, 0.5) is 0 Å². The van der Waals surface area contributed by atoms with Crippen LogP contribution in [0.2, 0.25) is 0 Å². The van der Waals surface area contributed by atoms with E-state index in [4.69, 9.17) is 4.74 Å². The third-order valence-corrected chi connectivity index (χ3v) is 0.400. The van der Waals surface area contributed by atoms with Crippen LogP contribution >= 0.6 is 0 Å². The van der Waals surface area contributed by atoms with Gasteiger partial charge in [-0.15, -0.1) is 0 Å². The van der Waals surface area contributed by atoms with Crippen molar-refractivity contribution in [3.63, 3.8) is 0 Å². The molecule has 1 heteroatoms. The molecule has 0 aromatic carbocycles. The maximum Gasteiger partial charge on any atom is 0.0887 e. The number of hydrogen-bond acceptors (Lipinski definition) is 1. The van der Waals surface area contributed by atoms with Crippen LogP contribution in [0.5, 0.6) is 0 Å². The Kier molecular flexibility index (Phi) is 3.11. The van der Waals surface area contributed by atoms with Crippen molar-refractivity contribution in [3.8, 4) is 0 Å². The quantitative estimate of drug-likeness (QED) is 0.480. The minimum absolute atomic E-state index is 1.14. The highest BCUT2D eigenvalue weighted by molar-refractivity contribution is 4.87. The van der Waals surface area contributed by atoms with Gasteiger partial charge in [-0.05, 0) is 19.4 Å². The topological polar surface area (TPSA) is 9.23 Å². The first-order valence-corrected chi connectivity index (χ1v) is 2.17. The summed E-state index contributed by atoms with van der Waals surface area (Å²) in [6.07, 6.45) is 3.04. The van der Waals surface area contributed by atoms with Crippen molar-refractivity contribution in [3.05, 3.63) is 24.7 Å². The van der Waals surface area contributed by atoms with Crippen LogP contribution in [0.1, 0.15) is 13.8 Å². The molecular formula is C6H10O. The van der Waals surface area contributed by atoms with Crippen molar-refractivity contribution in [1.29, 1.82) is 0 Å². The molecule has 7 heavy (non-hydrogen) atoms. The predicted octanol–water partition coefficient (Wildman–Crippen LogP) is 2.07. The number of allylic oxidation sites excluding steroid dienone is 1. The molecule has 0 N–H and O–H groups in total. The molecule has 0 bridgehead atoms. The summed E-state index contributed by atoms with van der Waals surface area (Å²) in [5.41, 5.74) is 1.14. The van der Waals surface area contributed by atoms with Gasteiger partial charge in [0.15, 0.2) is 0 Å². The molecule has 40 valence electrons. The number of ether oxygens (including phenoxy) is 1. The van der Waals surface area contributed by atoms with E-state index in [2.05, 4.69) is 6.58 Å². The predicted molar refractivity (Wildman–Crippen MR) is 30.7 cm³/mol. The van der Waals surface area contributed by atoms with Gasteiger partial charge in [-0.3, -0.25) is 0 Å². The molecule has 0 radical (unpaired) electrons. The van der Waals surface area contributed by atoms with Crippen molar-refractivity contribution in [2.75, 3.05) is 0 Å². The largest absolute Gasteiger partial charge is 0.473 e. The molecule has 0 aromatic heterocycles. The van der Waals surface area contributed by atoms with Gasteiger partial charge in [0.25, 0.3) is 0 Å². The van der Waals surface area contributed by atoms with Crippen LogP contribution in [0, 0.1) is 0 Å². The summed E-state index contributed by atoms with van der Waals surface area (Å²) in [7, 11) is 0. The van der Waals surface area contributed by atoms with Crippen LogP contribution in [0.3, 0.4) is 0 Å². The highest BCUT2D eigenvalue weighted by Gasteiger charge is 1.69. The SMILES string of the molecule is C=COC=C(C)C. The molecule has 0 aliphatic heterocycles. The van der Waals surface area contributed by atoms with E-state index in [1.165, 1.54) is 6.26 Å². The fourth-order valence-corrected chi connectivity index (χ4v) is 0.184. The van der Waals surface area contributed by atoms with Gasteiger partial charge < -0.3 is 4.74 Å². The van der Waals surface area contributed by atoms with Gasteiger partial charge in [-0.1, -0.05) is 6.58 Å². The first kappa shape index (κ1) is 6.28. The van der Waals surface area contributed by atoms with Crippen LogP contribution in [-0.2, 0) is 4.74 Å². The second kappa shape index (κ2) is 3.47. The second-order valence-electron chi connectivity index (χ2n) is 1.50. The number of hydrogen-bond donors (Lipinski definition) is 0. The number of rotatable bonds is 2. The Bertz CT molecular complexity index is 78.2. The smallest absolute Gasteiger partial charge is 0.0887 e. The molecule has 0 fully saturated rings. The third kappa shape index (κ3) is 5.28. The van der Waals surface area contributed by atoms with Crippen molar-refractivity contribution < 1.29 is 4.74 Å². The molecule has 0 saturated heterocycles. The Morgan fingerprint density at radius 3 is 2.29 bits per heavy atom. The molecule has 0 unspecified atom stereocenters. The third-order valence-electron chi connectivity index (χ3n) is 0.400. The van der Waals surface area contributed by atoms with E-state index in [0.717, 1.165) is 5.57 Å². The Labute approximate surface area is 44.3 Å². The maximum atomic E-state index is 4.70. The molecule has 1 nitrogen and oxygen atoms in total. The Morgan fingerprint density at radius 2 is 2.14 bits per heavy atom. The fourth-order valence-electron chi connectivity index (χ4n) is 0.184. The highest BCUT2D eigenvalue weighted by atomic mass is 16.5.